The number of hydrogen-bond donors (Lipinski definition) is 0. The fourth-order valence-corrected chi connectivity index (χ4v) is 4.93. The van der Waals surface area contributed by atoms with Gasteiger partial charge in [0.15, 0.2) is 0 Å². The standard InChI is InChI=1S/C21H25N3O2/c1-15(25)24-14-5-9-18-21(24,2)11-6-13-23(18)20(26)19-17-8-4-3-7-16(17)10-12-22-19/h3-4,7-8,10,12,18H,5-6,9,11,13-14H2,1-2H3/t18-,21+/m1/s1. The third-order valence-corrected chi connectivity index (χ3v) is 6.17. The Labute approximate surface area is 154 Å². The highest BCUT2D eigenvalue weighted by Gasteiger charge is 2.49. The summed E-state index contributed by atoms with van der Waals surface area (Å²) >= 11 is 0. The molecule has 0 saturated carbocycles. The molecule has 1 aromatic carbocycles. The highest BCUT2D eigenvalue weighted by molar-refractivity contribution is 6.05. The number of fused-ring (bicyclic) bond motifs is 2. The van der Waals surface area contributed by atoms with Crippen LogP contribution in [-0.2, 0) is 4.79 Å². The molecule has 0 spiro atoms. The van der Waals surface area contributed by atoms with Crippen LogP contribution in [0.1, 0.15) is 50.0 Å². The van der Waals surface area contributed by atoms with E-state index in [-0.39, 0.29) is 23.4 Å². The van der Waals surface area contributed by atoms with E-state index in [2.05, 4.69) is 11.9 Å². The summed E-state index contributed by atoms with van der Waals surface area (Å²) in [4.78, 5) is 34.0. The van der Waals surface area contributed by atoms with E-state index >= 15 is 0 Å². The summed E-state index contributed by atoms with van der Waals surface area (Å²) in [6.45, 7) is 5.31. The van der Waals surface area contributed by atoms with Crippen molar-refractivity contribution in [2.24, 2.45) is 0 Å². The van der Waals surface area contributed by atoms with E-state index in [4.69, 9.17) is 0 Å². The quantitative estimate of drug-likeness (QED) is 0.792. The van der Waals surface area contributed by atoms with Crippen molar-refractivity contribution in [2.45, 2.75) is 51.1 Å². The molecule has 3 heterocycles. The lowest BCUT2D eigenvalue weighted by Crippen LogP contribution is -2.68. The second kappa shape index (κ2) is 6.38. The molecular weight excluding hydrogens is 326 g/mol. The first-order chi connectivity index (χ1) is 12.5. The number of piperidine rings is 2. The Balaban J connectivity index is 1.73. The third kappa shape index (κ3) is 2.57. The van der Waals surface area contributed by atoms with Crippen LogP contribution in [0, 0.1) is 0 Å². The summed E-state index contributed by atoms with van der Waals surface area (Å²) in [6.07, 6.45) is 5.45. The Kier molecular flexibility index (Phi) is 4.17. The molecule has 136 valence electrons. The predicted octanol–water partition coefficient (Wildman–Crippen LogP) is 3.24. The lowest BCUT2D eigenvalue weighted by Gasteiger charge is -2.56. The van der Waals surface area contributed by atoms with E-state index in [9.17, 15) is 9.59 Å². The number of hydrogen-bond acceptors (Lipinski definition) is 3. The molecule has 2 saturated heterocycles. The normalized spacial score (nSPS) is 25.8. The number of carbonyl (C=O) groups excluding carboxylic acids is 2. The van der Waals surface area contributed by atoms with E-state index in [1.807, 2.05) is 40.1 Å². The molecule has 0 aliphatic carbocycles. The number of likely N-dealkylation sites (tertiary alicyclic amines) is 2. The molecule has 0 N–H and O–H groups in total. The van der Waals surface area contributed by atoms with Crippen molar-refractivity contribution in [1.82, 2.24) is 14.8 Å². The van der Waals surface area contributed by atoms with Crippen LogP contribution >= 0.6 is 0 Å². The molecule has 5 heteroatoms. The van der Waals surface area contributed by atoms with Crippen LogP contribution in [0.25, 0.3) is 10.8 Å². The lowest BCUT2D eigenvalue weighted by molar-refractivity contribution is -0.143. The molecule has 1 aromatic heterocycles. The number of pyridine rings is 1. The van der Waals surface area contributed by atoms with Crippen molar-refractivity contribution >= 4 is 22.6 Å². The van der Waals surface area contributed by atoms with E-state index in [0.29, 0.717) is 5.69 Å². The van der Waals surface area contributed by atoms with Gasteiger partial charge in [0.2, 0.25) is 5.91 Å². The van der Waals surface area contributed by atoms with Gasteiger partial charge in [-0.2, -0.15) is 0 Å². The van der Waals surface area contributed by atoms with Gasteiger partial charge in [-0.1, -0.05) is 24.3 Å². The summed E-state index contributed by atoms with van der Waals surface area (Å²) in [5.41, 5.74) is 0.245. The minimum absolute atomic E-state index is 0.0110. The second-order valence-electron chi connectivity index (χ2n) is 7.67. The molecule has 2 fully saturated rings. The van der Waals surface area contributed by atoms with Gasteiger partial charge < -0.3 is 9.80 Å². The zero-order valence-electron chi connectivity index (χ0n) is 15.4. The molecule has 26 heavy (non-hydrogen) atoms. The summed E-state index contributed by atoms with van der Waals surface area (Å²) in [5, 5.41) is 1.92. The molecular formula is C21H25N3O2. The minimum atomic E-state index is -0.275. The average Bonchev–Trinajstić information content (AvgIpc) is 2.65. The van der Waals surface area contributed by atoms with E-state index in [1.54, 1.807) is 13.1 Å². The van der Waals surface area contributed by atoms with Gasteiger partial charge in [0, 0.05) is 31.6 Å². The van der Waals surface area contributed by atoms with Crippen molar-refractivity contribution in [3.05, 3.63) is 42.2 Å². The topological polar surface area (TPSA) is 53.5 Å². The van der Waals surface area contributed by atoms with Crippen LogP contribution in [0.3, 0.4) is 0 Å². The second-order valence-corrected chi connectivity index (χ2v) is 7.67. The Hall–Kier alpha value is -2.43. The van der Waals surface area contributed by atoms with Crippen molar-refractivity contribution in [3.8, 4) is 0 Å². The van der Waals surface area contributed by atoms with Gasteiger partial charge in [0.1, 0.15) is 5.69 Å². The van der Waals surface area contributed by atoms with Gasteiger partial charge in [-0.05, 0) is 44.1 Å². The van der Waals surface area contributed by atoms with Crippen LogP contribution in [0.5, 0.6) is 0 Å². The van der Waals surface area contributed by atoms with Crippen LogP contribution in [0.2, 0.25) is 0 Å². The number of benzene rings is 1. The summed E-state index contributed by atoms with van der Waals surface area (Å²) < 4.78 is 0. The summed E-state index contributed by atoms with van der Waals surface area (Å²) in [7, 11) is 0. The molecule has 2 atom stereocenters. The fraction of sp³-hybridized carbons (Fsp3) is 0.476. The SMILES string of the molecule is CC(=O)N1CCC[C@H]2N(C(=O)c3nccc4ccccc34)CCC[C@@]21C. The van der Waals surface area contributed by atoms with E-state index < -0.39 is 0 Å². The fourth-order valence-electron chi connectivity index (χ4n) is 4.93. The number of rotatable bonds is 1. The largest absolute Gasteiger partial charge is 0.335 e. The zero-order chi connectivity index (χ0) is 18.3. The Bertz CT molecular complexity index is 860. The first-order valence-corrected chi connectivity index (χ1v) is 9.45. The number of carbonyl (C=O) groups is 2. The molecule has 0 bridgehead atoms. The Morgan fingerprint density at radius 1 is 1.15 bits per heavy atom. The van der Waals surface area contributed by atoms with Crippen molar-refractivity contribution in [3.63, 3.8) is 0 Å². The summed E-state index contributed by atoms with van der Waals surface area (Å²) in [5.74, 6) is 0.0953. The molecule has 0 unspecified atom stereocenters. The van der Waals surface area contributed by atoms with Gasteiger partial charge >= 0.3 is 0 Å². The summed E-state index contributed by atoms with van der Waals surface area (Å²) in [6, 6.07) is 9.87. The maximum Gasteiger partial charge on any atom is 0.273 e. The first-order valence-electron chi connectivity index (χ1n) is 9.45. The highest BCUT2D eigenvalue weighted by Crippen LogP contribution is 2.39. The molecule has 0 radical (unpaired) electrons. The Morgan fingerprint density at radius 2 is 1.96 bits per heavy atom. The van der Waals surface area contributed by atoms with Gasteiger partial charge in [0.25, 0.3) is 5.91 Å². The maximum atomic E-state index is 13.4. The lowest BCUT2D eigenvalue weighted by atomic mass is 9.76. The number of amides is 2. The van der Waals surface area contributed by atoms with E-state index in [0.717, 1.165) is 49.5 Å². The van der Waals surface area contributed by atoms with Crippen LogP contribution in [0.4, 0.5) is 0 Å². The predicted molar refractivity (Wildman–Crippen MR) is 101 cm³/mol. The number of nitrogens with zero attached hydrogens (tertiary/aromatic N) is 3. The van der Waals surface area contributed by atoms with Crippen molar-refractivity contribution in [2.75, 3.05) is 13.1 Å². The van der Waals surface area contributed by atoms with Crippen LogP contribution < -0.4 is 0 Å². The average molecular weight is 351 g/mol. The van der Waals surface area contributed by atoms with Gasteiger partial charge in [-0.25, -0.2) is 0 Å². The molecule has 2 aliphatic heterocycles. The molecule has 2 aliphatic rings. The molecule has 2 aromatic rings. The van der Waals surface area contributed by atoms with Crippen molar-refractivity contribution in [1.29, 1.82) is 0 Å². The molecule has 2 amide bonds. The maximum absolute atomic E-state index is 13.4. The van der Waals surface area contributed by atoms with Crippen LogP contribution in [-0.4, -0.2) is 51.3 Å². The third-order valence-electron chi connectivity index (χ3n) is 6.17. The van der Waals surface area contributed by atoms with Crippen LogP contribution in [0.15, 0.2) is 36.5 Å². The highest BCUT2D eigenvalue weighted by atomic mass is 16.2. The van der Waals surface area contributed by atoms with Gasteiger partial charge in [-0.3, -0.25) is 14.6 Å². The van der Waals surface area contributed by atoms with Gasteiger partial charge in [-0.15, -0.1) is 0 Å². The smallest absolute Gasteiger partial charge is 0.273 e. The zero-order valence-corrected chi connectivity index (χ0v) is 15.4. The Morgan fingerprint density at radius 3 is 2.77 bits per heavy atom. The van der Waals surface area contributed by atoms with Crippen molar-refractivity contribution < 1.29 is 9.59 Å². The van der Waals surface area contributed by atoms with E-state index in [1.165, 1.54) is 0 Å². The first kappa shape index (κ1) is 17.0. The minimum Gasteiger partial charge on any atom is -0.335 e. The monoisotopic (exact) mass is 351 g/mol. The number of aromatic nitrogens is 1. The van der Waals surface area contributed by atoms with Gasteiger partial charge in [0.05, 0.1) is 11.6 Å². The molecule has 4 rings (SSSR count). The molecule has 5 nitrogen and oxygen atoms in total.